The molecule has 0 amide bonds. The van der Waals surface area contributed by atoms with E-state index in [4.69, 9.17) is 10.4 Å². The van der Waals surface area contributed by atoms with Crippen molar-refractivity contribution in [1.29, 1.82) is 5.26 Å². The molecule has 0 aliphatic rings. The number of carboxylic acid groups (broad SMARTS) is 1. The number of rotatable bonds is 2. The van der Waals surface area contributed by atoms with Crippen LogP contribution >= 0.6 is 0 Å². The van der Waals surface area contributed by atoms with Crippen LogP contribution in [-0.4, -0.2) is 11.1 Å². The van der Waals surface area contributed by atoms with Crippen molar-refractivity contribution in [3.63, 3.8) is 0 Å². The molecule has 0 saturated heterocycles. The molecule has 0 bridgehead atoms. The van der Waals surface area contributed by atoms with Crippen molar-refractivity contribution in [2.45, 2.75) is 0 Å². The van der Waals surface area contributed by atoms with Crippen molar-refractivity contribution >= 4 is 12.0 Å². The number of hydrogen-bond donors (Lipinski definition) is 1. The van der Waals surface area contributed by atoms with Gasteiger partial charge in [-0.15, -0.1) is 0 Å². The Kier molecular flexibility index (Phi) is 3.70. The van der Waals surface area contributed by atoms with Gasteiger partial charge in [0.25, 0.3) is 0 Å². The Morgan fingerprint density at radius 1 is 1.33 bits per heavy atom. The van der Waals surface area contributed by atoms with Crippen LogP contribution in [-0.2, 0) is 4.79 Å². The van der Waals surface area contributed by atoms with E-state index >= 15 is 0 Å². The second kappa shape index (κ2) is 5.26. The average molecular weight is 197 g/mol. The van der Waals surface area contributed by atoms with Gasteiger partial charge in [0.05, 0.1) is 0 Å². The number of hydrogen-bond acceptors (Lipinski definition) is 2. The summed E-state index contributed by atoms with van der Waals surface area (Å²) >= 11 is 0. The molecule has 0 aliphatic heterocycles. The SMILES string of the molecule is N#CC#Cc1ccc(/C=C/C(=O)O)cc1. The van der Waals surface area contributed by atoms with E-state index in [2.05, 4.69) is 11.8 Å². The van der Waals surface area contributed by atoms with Crippen LogP contribution in [0.25, 0.3) is 6.08 Å². The standard InChI is InChI=1S/C12H7NO2/c13-9-1-2-10-3-5-11(6-4-10)7-8-12(14)15/h3-8H,(H,14,15)/b8-7+. The molecule has 1 N–H and O–H groups in total. The number of carbonyl (C=O) groups is 1. The largest absolute Gasteiger partial charge is 0.478 e. The lowest BCUT2D eigenvalue weighted by Crippen LogP contribution is -1.85. The van der Waals surface area contributed by atoms with Crippen molar-refractivity contribution in [2.24, 2.45) is 0 Å². The first-order valence-corrected chi connectivity index (χ1v) is 4.13. The molecule has 1 aromatic carbocycles. The molecule has 0 saturated carbocycles. The molecule has 15 heavy (non-hydrogen) atoms. The molecule has 0 unspecified atom stereocenters. The van der Waals surface area contributed by atoms with Crippen molar-refractivity contribution in [2.75, 3.05) is 0 Å². The summed E-state index contributed by atoms with van der Waals surface area (Å²) in [6, 6.07) is 8.65. The number of nitriles is 1. The molecule has 3 nitrogen and oxygen atoms in total. The predicted molar refractivity (Wildman–Crippen MR) is 55.6 cm³/mol. The van der Waals surface area contributed by atoms with Gasteiger partial charge in [-0.2, -0.15) is 5.26 Å². The molecule has 0 fully saturated rings. The normalized spacial score (nSPS) is 9.00. The molecule has 0 atom stereocenters. The van der Waals surface area contributed by atoms with Crippen molar-refractivity contribution in [1.82, 2.24) is 0 Å². The zero-order valence-electron chi connectivity index (χ0n) is 7.77. The fourth-order valence-electron chi connectivity index (χ4n) is 0.945. The smallest absolute Gasteiger partial charge is 0.328 e. The highest BCUT2D eigenvalue weighted by Crippen LogP contribution is 2.04. The van der Waals surface area contributed by atoms with Gasteiger partial charge in [0, 0.05) is 17.6 Å². The van der Waals surface area contributed by atoms with Gasteiger partial charge in [-0.1, -0.05) is 18.1 Å². The third kappa shape index (κ3) is 3.80. The Labute approximate surface area is 87.3 Å². The highest BCUT2D eigenvalue weighted by atomic mass is 16.4. The molecule has 1 rings (SSSR count). The minimum atomic E-state index is -0.983. The van der Waals surface area contributed by atoms with E-state index in [-0.39, 0.29) is 0 Å². The molecular formula is C12H7NO2. The van der Waals surface area contributed by atoms with Crippen molar-refractivity contribution in [3.8, 4) is 17.9 Å². The monoisotopic (exact) mass is 197 g/mol. The Balaban J connectivity index is 2.82. The summed E-state index contributed by atoms with van der Waals surface area (Å²) in [6.45, 7) is 0. The first kappa shape index (κ1) is 10.6. The van der Waals surface area contributed by atoms with Gasteiger partial charge in [0.2, 0.25) is 0 Å². The fraction of sp³-hybridized carbons (Fsp3) is 0. The highest BCUT2D eigenvalue weighted by molar-refractivity contribution is 5.85. The van der Waals surface area contributed by atoms with Crippen LogP contribution in [0.15, 0.2) is 30.3 Å². The first-order valence-electron chi connectivity index (χ1n) is 4.13. The van der Waals surface area contributed by atoms with Crippen LogP contribution in [0.2, 0.25) is 0 Å². The summed E-state index contributed by atoms with van der Waals surface area (Å²) in [5.74, 6) is 3.93. The maximum absolute atomic E-state index is 10.2. The number of nitrogens with zero attached hydrogens (tertiary/aromatic N) is 1. The van der Waals surface area contributed by atoms with Gasteiger partial charge in [-0.05, 0) is 23.8 Å². The van der Waals surface area contributed by atoms with Gasteiger partial charge in [-0.3, -0.25) is 0 Å². The first-order chi connectivity index (χ1) is 7.22. The molecule has 1 aromatic rings. The van der Waals surface area contributed by atoms with Crippen molar-refractivity contribution in [3.05, 3.63) is 41.5 Å². The second-order valence-electron chi connectivity index (χ2n) is 2.66. The third-order valence-electron chi connectivity index (χ3n) is 1.59. The summed E-state index contributed by atoms with van der Waals surface area (Å²) in [7, 11) is 0. The summed E-state index contributed by atoms with van der Waals surface area (Å²) in [4.78, 5) is 10.2. The predicted octanol–water partition coefficient (Wildman–Crippen LogP) is 1.66. The van der Waals surface area contributed by atoms with E-state index in [1.54, 1.807) is 30.3 Å². The lowest BCUT2D eigenvalue weighted by atomic mass is 10.1. The van der Waals surface area contributed by atoms with Crippen LogP contribution in [0, 0.1) is 23.2 Å². The molecule has 72 valence electrons. The quantitative estimate of drug-likeness (QED) is 0.579. The van der Waals surface area contributed by atoms with Crippen LogP contribution in [0.5, 0.6) is 0 Å². The third-order valence-corrected chi connectivity index (χ3v) is 1.59. The minimum Gasteiger partial charge on any atom is -0.478 e. The summed E-state index contributed by atoms with van der Waals surface area (Å²) in [5, 5.41) is 16.6. The summed E-state index contributed by atoms with van der Waals surface area (Å²) in [6.07, 6.45) is 2.56. The molecule has 0 aliphatic carbocycles. The maximum Gasteiger partial charge on any atom is 0.328 e. The Hall–Kier alpha value is -2.52. The van der Waals surface area contributed by atoms with Crippen LogP contribution < -0.4 is 0 Å². The van der Waals surface area contributed by atoms with E-state index in [1.807, 2.05) is 0 Å². The van der Waals surface area contributed by atoms with E-state index in [1.165, 1.54) is 6.08 Å². The number of benzene rings is 1. The zero-order chi connectivity index (χ0) is 11.1. The molecule has 3 heteroatoms. The van der Waals surface area contributed by atoms with E-state index in [0.717, 1.165) is 17.2 Å². The van der Waals surface area contributed by atoms with Gasteiger partial charge >= 0.3 is 5.97 Å². The molecule has 0 spiro atoms. The van der Waals surface area contributed by atoms with E-state index in [0.29, 0.717) is 0 Å². The van der Waals surface area contributed by atoms with E-state index < -0.39 is 5.97 Å². The Morgan fingerprint density at radius 2 is 2.00 bits per heavy atom. The molecular weight excluding hydrogens is 190 g/mol. The van der Waals surface area contributed by atoms with Gasteiger partial charge < -0.3 is 5.11 Å². The molecule has 0 aromatic heterocycles. The lowest BCUT2D eigenvalue weighted by molar-refractivity contribution is -0.131. The van der Waals surface area contributed by atoms with Gasteiger partial charge in [0.15, 0.2) is 6.07 Å². The Bertz CT molecular complexity index is 481. The topological polar surface area (TPSA) is 61.1 Å². The highest BCUT2D eigenvalue weighted by Gasteiger charge is 1.90. The van der Waals surface area contributed by atoms with Crippen LogP contribution in [0.1, 0.15) is 11.1 Å². The van der Waals surface area contributed by atoms with Crippen LogP contribution in [0.3, 0.4) is 0 Å². The molecule has 0 radical (unpaired) electrons. The van der Waals surface area contributed by atoms with Crippen LogP contribution in [0.4, 0.5) is 0 Å². The minimum absolute atomic E-state index is 0.726. The summed E-state index contributed by atoms with van der Waals surface area (Å²) in [5.41, 5.74) is 1.50. The number of carboxylic acids is 1. The zero-order valence-corrected chi connectivity index (χ0v) is 7.77. The fourth-order valence-corrected chi connectivity index (χ4v) is 0.945. The Morgan fingerprint density at radius 3 is 2.53 bits per heavy atom. The second-order valence-corrected chi connectivity index (χ2v) is 2.66. The van der Waals surface area contributed by atoms with Crippen molar-refractivity contribution < 1.29 is 9.90 Å². The maximum atomic E-state index is 10.2. The lowest BCUT2D eigenvalue weighted by Gasteiger charge is -1.92. The van der Waals surface area contributed by atoms with E-state index in [9.17, 15) is 4.79 Å². The average Bonchev–Trinajstić information content (AvgIpc) is 2.25. The van der Waals surface area contributed by atoms with Gasteiger partial charge in [-0.25, -0.2) is 4.79 Å². The summed E-state index contributed by atoms with van der Waals surface area (Å²) < 4.78 is 0. The number of aliphatic carboxylic acids is 1. The molecule has 0 heterocycles. The van der Waals surface area contributed by atoms with Gasteiger partial charge in [0.1, 0.15) is 0 Å².